The van der Waals surface area contributed by atoms with Gasteiger partial charge < -0.3 is 5.32 Å². The summed E-state index contributed by atoms with van der Waals surface area (Å²) < 4.78 is 0. The molecule has 0 spiro atoms. The molecule has 1 aromatic carbocycles. The molecule has 0 aliphatic rings. The van der Waals surface area contributed by atoms with E-state index < -0.39 is 0 Å². The molecular weight excluding hydrogens is 262 g/mol. The second kappa shape index (κ2) is 8.23. The second-order valence-corrected chi connectivity index (χ2v) is 6.14. The predicted octanol–water partition coefficient (Wildman–Crippen LogP) is 5.12. The SMILES string of the molecule is CCCNC(CCCc1ccccc1)c1cscc1C. The summed E-state index contributed by atoms with van der Waals surface area (Å²) in [5, 5.41) is 8.27. The number of hydrogen-bond donors (Lipinski definition) is 1. The van der Waals surface area contributed by atoms with Crippen LogP contribution in [0.25, 0.3) is 0 Å². The Labute approximate surface area is 127 Å². The number of aryl methyl sites for hydroxylation is 2. The van der Waals surface area contributed by atoms with Crippen molar-refractivity contribution < 1.29 is 0 Å². The van der Waals surface area contributed by atoms with Crippen molar-refractivity contribution in [2.24, 2.45) is 0 Å². The summed E-state index contributed by atoms with van der Waals surface area (Å²) >= 11 is 1.82. The van der Waals surface area contributed by atoms with Crippen molar-refractivity contribution in [1.29, 1.82) is 0 Å². The fourth-order valence-corrected chi connectivity index (χ4v) is 3.47. The van der Waals surface area contributed by atoms with E-state index >= 15 is 0 Å². The van der Waals surface area contributed by atoms with Crippen LogP contribution in [-0.4, -0.2) is 6.54 Å². The normalized spacial score (nSPS) is 12.5. The molecule has 0 amide bonds. The molecule has 0 bridgehead atoms. The highest BCUT2D eigenvalue weighted by atomic mass is 32.1. The lowest BCUT2D eigenvalue weighted by molar-refractivity contribution is 0.484. The molecular formula is C18H25NS. The topological polar surface area (TPSA) is 12.0 Å². The minimum Gasteiger partial charge on any atom is -0.310 e. The maximum Gasteiger partial charge on any atom is 0.0331 e. The van der Waals surface area contributed by atoms with Crippen LogP contribution in [0.4, 0.5) is 0 Å². The maximum absolute atomic E-state index is 3.71. The molecule has 0 aliphatic heterocycles. The molecule has 0 saturated heterocycles. The smallest absolute Gasteiger partial charge is 0.0331 e. The molecule has 108 valence electrons. The summed E-state index contributed by atoms with van der Waals surface area (Å²) in [4.78, 5) is 0. The van der Waals surface area contributed by atoms with E-state index in [4.69, 9.17) is 0 Å². The van der Waals surface area contributed by atoms with Crippen LogP contribution in [0.5, 0.6) is 0 Å². The molecule has 20 heavy (non-hydrogen) atoms. The van der Waals surface area contributed by atoms with Gasteiger partial charge in [0.05, 0.1) is 0 Å². The van der Waals surface area contributed by atoms with E-state index in [1.807, 2.05) is 11.3 Å². The molecule has 0 radical (unpaired) electrons. The van der Waals surface area contributed by atoms with Gasteiger partial charge in [0.2, 0.25) is 0 Å². The monoisotopic (exact) mass is 287 g/mol. The second-order valence-electron chi connectivity index (χ2n) is 5.39. The lowest BCUT2D eigenvalue weighted by atomic mass is 9.98. The molecule has 1 nitrogen and oxygen atoms in total. The fraction of sp³-hybridized carbons (Fsp3) is 0.444. The summed E-state index contributed by atoms with van der Waals surface area (Å²) in [6, 6.07) is 11.3. The van der Waals surface area contributed by atoms with E-state index in [1.54, 1.807) is 0 Å². The van der Waals surface area contributed by atoms with E-state index in [0.717, 1.165) is 6.54 Å². The van der Waals surface area contributed by atoms with Gasteiger partial charge in [-0.05, 0) is 66.6 Å². The van der Waals surface area contributed by atoms with Gasteiger partial charge in [-0.3, -0.25) is 0 Å². The number of hydrogen-bond acceptors (Lipinski definition) is 2. The van der Waals surface area contributed by atoms with Gasteiger partial charge in [-0.15, -0.1) is 0 Å². The minimum absolute atomic E-state index is 0.518. The van der Waals surface area contributed by atoms with Crippen LogP contribution in [0.3, 0.4) is 0 Å². The molecule has 1 heterocycles. The van der Waals surface area contributed by atoms with E-state index in [-0.39, 0.29) is 0 Å². The first kappa shape index (κ1) is 15.3. The highest BCUT2D eigenvalue weighted by Gasteiger charge is 2.13. The Morgan fingerprint density at radius 2 is 1.95 bits per heavy atom. The molecule has 1 atom stereocenters. The van der Waals surface area contributed by atoms with Crippen LogP contribution in [0.1, 0.15) is 48.9 Å². The van der Waals surface area contributed by atoms with Crippen molar-refractivity contribution in [3.63, 3.8) is 0 Å². The van der Waals surface area contributed by atoms with Crippen molar-refractivity contribution >= 4 is 11.3 Å². The van der Waals surface area contributed by atoms with Gasteiger partial charge in [0, 0.05) is 6.04 Å². The Morgan fingerprint density at radius 3 is 2.60 bits per heavy atom. The zero-order valence-electron chi connectivity index (χ0n) is 12.6. The summed E-state index contributed by atoms with van der Waals surface area (Å²) in [6.45, 7) is 5.56. The van der Waals surface area contributed by atoms with Crippen LogP contribution >= 0.6 is 11.3 Å². The molecule has 1 unspecified atom stereocenters. The van der Waals surface area contributed by atoms with Gasteiger partial charge in [0.1, 0.15) is 0 Å². The standard InChI is InChI=1S/C18H25NS/c1-3-12-19-18(17-14-20-13-15(17)2)11-7-10-16-8-5-4-6-9-16/h4-6,8-9,13-14,18-19H,3,7,10-12H2,1-2H3. The van der Waals surface area contributed by atoms with Crippen molar-refractivity contribution in [1.82, 2.24) is 5.32 Å². The first-order valence-corrected chi connectivity index (χ1v) is 8.55. The van der Waals surface area contributed by atoms with Crippen LogP contribution < -0.4 is 5.32 Å². The Kier molecular flexibility index (Phi) is 6.28. The van der Waals surface area contributed by atoms with Crippen LogP contribution in [0.15, 0.2) is 41.1 Å². The van der Waals surface area contributed by atoms with Gasteiger partial charge >= 0.3 is 0 Å². The first-order valence-electron chi connectivity index (χ1n) is 7.61. The molecule has 2 heteroatoms. The minimum atomic E-state index is 0.518. The summed E-state index contributed by atoms with van der Waals surface area (Å²) in [6.07, 6.45) is 4.82. The first-order chi connectivity index (χ1) is 9.81. The third kappa shape index (κ3) is 4.46. The van der Waals surface area contributed by atoms with E-state index in [1.165, 1.54) is 42.4 Å². The number of thiophene rings is 1. The molecule has 2 aromatic rings. The number of benzene rings is 1. The zero-order chi connectivity index (χ0) is 14.2. The Balaban J connectivity index is 1.89. The molecule has 2 rings (SSSR count). The van der Waals surface area contributed by atoms with E-state index in [2.05, 4.69) is 60.3 Å². The maximum atomic E-state index is 3.71. The zero-order valence-corrected chi connectivity index (χ0v) is 13.4. The van der Waals surface area contributed by atoms with Gasteiger partial charge in [0.15, 0.2) is 0 Å². The van der Waals surface area contributed by atoms with Crippen LogP contribution in [-0.2, 0) is 6.42 Å². The van der Waals surface area contributed by atoms with Crippen molar-refractivity contribution in [3.8, 4) is 0 Å². The molecule has 1 aromatic heterocycles. The van der Waals surface area contributed by atoms with E-state index in [0.29, 0.717) is 6.04 Å². The van der Waals surface area contributed by atoms with Gasteiger partial charge in [-0.2, -0.15) is 11.3 Å². The molecule has 0 saturated carbocycles. The fourth-order valence-electron chi connectivity index (χ4n) is 2.57. The van der Waals surface area contributed by atoms with Crippen LogP contribution in [0, 0.1) is 6.92 Å². The average molecular weight is 287 g/mol. The summed E-state index contributed by atoms with van der Waals surface area (Å²) in [5.41, 5.74) is 4.38. The van der Waals surface area contributed by atoms with Crippen molar-refractivity contribution in [3.05, 3.63) is 57.8 Å². The van der Waals surface area contributed by atoms with Gasteiger partial charge in [0.25, 0.3) is 0 Å². The number of rotatable bonds is 8. The summed E-state index contributed by atoms with van der Waals surface area (Å²) in [5.74, 6) is 0. The highest BCUT2D eigenvalue weighted by Crippen LogP contribution is 2.26. The van der Waals surface area contributed by atoms with Gasteiger partial charge in [-0.1, -0.05) is 37.3 Å². The third-order valence-electron chi connectivity index (χ3n) is 3.71. The molecule has 1 N–H and O–H groups in total. The molecule has 0 aliphatic carbocycles. The highest BCUT2D eigenvalue weighted by molar-refractivity contribution is 7.08. The lowest BCUT2D eigenvalue weighted by Crippen LogP contribution is -2.22. The van der Waals surface area contributed by atoms with Crippen LogP contribution in [0.2, 0.25) is 0 Å². The summed E-state index contributed by atoms with van der Waals surface area (Å²) in [7, 11) is 0. The third-order valence-corrected chi connectivity index (χ3v) is 4.59. The predicted molar refractivity (Wildman–Crippen MR) is 89.5 cm³/mol. The lowest BCUT2D eigenvalue weighted by Gasteiger charge is -2.19. The van der Waals surface area contributed by atoms with Crippen molar-refractivity contribution in [2.75, 3.05) is 6.54 Å². The van der Waals surface area contributed by atoms with E-state index in [9.17, 15) is 0 Å². The Hall–Kier alpha value is -1.12. The number of nitrogens with one attached hydrogen (secondary N) is 1. The Morgan fingerprint density at radius 1 is 1.15 bits per heavy atom. The van der Waals surface area contributed by atoms with Gasteiger partial charge in [-0.25, -0.2) is 0 Å². The van der Waals surface area contributed by atoms with Crippen molar-refractivity contribution in [2.45, 2.75) is 45.6 Å². The Bertz CT molecular complexity index is 489. The quantitative estimate of drug-likeness (QED) is 0.710. The average Bonchev–Trinajstić information content (AvgIpc) is 2.90. The molecule has 0 fully saturated rings. The largest absolute Gasteiger partial charge is 0.310 e.